The van der Waals surface area contributed by atoms with Crippen molar-refractivity contribution in [3.05, 3.63) is 11.6 Å². The molecule has 1 aliphatic heterocycles. The van der Waals surface area contributed by atoms with E-state index in [0.29, 0.717) is 38.8 Å². The lowest BCUT2D eigenvalue weighted by molar-refractivity contribution is -0.170. The average molecular weight is 888 g/mol. The van der Waals surface area contributed by atoms with Crippen LogP contribution in [0, 0.1) is 5.92 Å². The van der Waals surface area contributed by atoms with Crippen LogP contribution in [0.2, 0.25) is 0 Å². The van der Waals surface area contributed by atoms with Gasteiger partial charge in [-0.2, -0.15) is 0 Å². The molecule has 0 aromatic rings. The topological polar surface area (TPSA) is 165 Å². The summed E-state index contributed by atoms with van der Waals surface area (Å²) in [4.78, 5) is 37.2. The molecular weight excluding hydrogens is 800 g/mol. The maximum atomic E-state index is 12.7. The first-order chi connectivity index (χ1) is 29.4. The fourth-order valence-electron chi connectivity index (χ4n) is 8.70. The summed E-state index contributed by atoms with van der Waals surface area (Å²) in [5.41, 5.74) is -0.630. The Balaban J connectivity index is 1.44. The van der Waals surface area contributed by atoms with E-state index in [4.69, 9.17) is 35.3 Å². The number of methoxy groups -OCH3 is 1. The van der Waals surface area contributed by atoms with Gasteiger partial charge in [-0.25, -0.2) is 4.79 Å². The van der Waals surface area contributed by atoms with Crippen LogP contribution >= 0.6 is 11.6 Å². The molecule has 2 fully saturated rings. The molecule has 0 aromatic carbocycles. The summed E-state index contributed by atoms with van der Waals surface area (Å²) < 4.78 is 28.5. The summed E-state index contributed by atoms with van der Waals surface area (Å²) in [5, 5.41) is 27.3. The van der Waals surface area contributed by atoms with E-state index in [2.05, 4.69) is 23.6 Å². The molecule has 2 aliphatic rings. The number of amides is 1. The number of rotatable bonds is 37. The molecule has 1 aliphatic carbocycles. The highest BCUT2D eigenvalue weighted by Crippen LogP contribution is 2.55. The summed E-state index contributed by atoms with van der Waals surface area (Å²) in [6, 6.07) is 0. The number of carbonyl (C=O) groups is 3. The standard InChI is InChI=1S/C48H87ClN2O10/c1-6-7-8-9-10-11-12-13-14-15-16-17-20-23-26-42(53)58-36-39(35-52)59-43(54)27-24-21-18-19-22-25-32-50-33-34-51-46(55)60-40-30-31-48(56,37-49)45(44(40)57-5)47(4)41(61-47)29-28-38(2)3/h28,39-41,44-45,50,52,56H,6-27,29-37H2,1-5H3,(H,51,55). The molecule has 0 aromatic heterocycles. The number of aliphatic hydroxyl groups is 2. The number of allylic oxidation sites excluding steroid dienone is 1. The van der Waals surface area contributed by atoms with Crippen LogP contribution in [0.5, 0.6) is 0 Å². The second-order valence-electron chi connectivity index (χ2n) is 18.1. The van der Waals surface area contributed by atoms with E-state index in [1.165, 1.54) is 76.2 Å². The minimum absolute atomic E-state index is 0.0427. The van der Waals surface area contributed by atoms with Crippen LogP contribution in [0.25, 0.3) is 0 Å². The molecule has 7 atom stereocenters. The van der Waals surface area contributed by atoms with Gasteiger partial charge in [0.1, 0.15) is 24.4 Å². The molecule has 1 saturated carbocycles. The van der Waals surface area contributed by atoms with Gasteiger partial charge in [0.25, 0.3) is 0 Å². The third-order valence-electron chi connectivity index (χ3n) is 12.5. The Morgan fingerprint density at radius 2 is 1.38 bits per heavy atom. The van der Waals surface area contributed by atoms with Crippen molar-refractivity contribution in [1.82, 2.24) is 10.6 Å². The number of esters is 2. The predicted molar refractivity (Wildman–Crippen MR) is 243 cm³/mol. The van der Waals surface area contributed by atoms with Crippen LogP contribution in [0.15, 0.2) is 11.6 Å². The van der Waals surface area contributed by atoms with Crippen LogP contribution < -0.4 is 10.6 Å². The van der Waals surface area contributed by atoms with Crippen molar-refractivity contribution < 1.29 is 48.3 Å². The molecule has 0 radical (unpaired) electrons. The number of carbonyl (C=O) groups excluding carboxylic acids is 3. The zero-order valence-corrected chi connectivity index (χ0v) is 39.7. The highest BCUT2D eigenvalue weighted by molar-refractivity contribution is 6.18. The number of alkyl halides is 1. The Kier molecular flexibility index (Phi) is 29.5. The maximum absolute atomic E-state index is 12.7. The molecule has 7 unspecified atom stereocenters. The van der Waals surface area contributed by atoms with Gasteiger partial charge in [0, 0.05) is 33.0 Å². The van der Waals surface area contributed by atoms with Gasteiger partial charge in [-0.15, -0.1) is 11.6 Å². The quantitative estimate of drug-likeness (QED) is 0.0117. The van der Waals surface area contributed by atoms with E-state index in [9.17, 15) is 24.6 Å². The smallest absolute Gasteiger partial charge is 0.407 e. The van der Waals surface area contributed by atoms with E-state index in [-0.39, 0.29) is 43.6 Å². The molecule has 1 amide bonds. The van der Waals surface area contributed by atoms with Crippen molar-refractivity contribution in [1.29, 1.82) is 0 Å². The van der Waals surface area contributed by atoms with Crippen LogP contribution in [0.4, 0.5) is 4.79 Å². The minimum Gasteiger partial charge on any atom is -0.462 e. The number of aliphatic hydroxyl groups excluding tert-OH is 1. The van der Waals surface area contributed by atoms with Gasteiger partial charge >= 0.3 is 18.0 Å². The van der Waals surface area contributed by atoms with Crippen molar-refractivity contribution >= 4 is 29.6 Å². The fraction of sp³-hybridized carbons (Fsp3) is 0.896. The summed E-state index contributed by atoms with van der Waals surface area (Å²) >= 11 is 6.30. The third kappa shape index (κ3) is 23.0. The van der Waals surface area contributed by atoms with E-state index in [1.54, 1.807) is 7.11 Å². The van der Waals surface area contributed by atoms with Crippen LogP contribution in [0.3, 0.4) is 0 Å². The summed E-state index contributed by atoms with van der Waals surface area (Å²) in [5.74, 6) is -1.10. The molecule has 61 heavy (non-hydrogen) atoms. The van der Waals surface area contributed by atoms with Crippen molar-refractivity contribution in [2.75, 3.05) is 45.8 Å². The molecule has 1 saturated heterocycles. The minimum atomic E-state index is -1.19. The normalized spacial score (nSPS) is 23.9. The summed E-state index contributed by atoms with van der Waals surface area (Å²) in [7, 11) is 1.57. The van der Waals surface area contributed by atoms with Gasteiger partial charge in [0.15, 0.2) is 6.10 Å². The van der Waals surface area contributed by atoms with Crippen molar-refractivity contribution in [3.8, 4) is 0 Å². The zero-order valence-electron chi connectivity index (χ0n) is 38.9. The van der Waals surface area contributed by atoms with E-state index in [1.807, 2.05) is 20.8 Å². The Bertz CT molecular complexity index is 1220. The van der Waals surface area contributed by atoms with Crippen molar-refractivity contribution in [3.63, 3.8) is 0 Å². The van der Waals surface area contributed by atoms with Crippen LogP contribution in [-0.2, 0) is 33.3 Å². The zero-order chi connectivity index (χ0) is 44.8. The summed E-state index contributed by atoms with van der Waals surface area (Å²) in [6.45, 7) is 9.69. The van der Waals surface area contributed by atoms with Crippen molar-refractivity contribution in [2.45, 2.75) is 224 Å². The van der Waals surface area contributed by atoms with E-state index < -0.39 is 41.5 Å². The molecule has 4 N–H and O–H groups in total. The van der Waals surface area contributed by atoms with Gasteiger partial charge in [0.05, 0.1) is 30.1 Å². The predicted octanol–water partition coefficient (Wildman–Crippen LogP) is 9.63. The Hall–Kier alpha value is -1.96. The first-order valence-corrected chi connectivity index (χ1v) is 24.7. The lowest BCUT2D eigenvalue weighted by Crippen LogP contribution is -2.61. The number of alkyl carbamates (subject to hydrolysis) is 1. The molecule has 2 rings (SSSR count). The lowest BCUT2D eigenvalue weighted by Gasteiger charge is -2.48. The van der Waals surface area contributed by atoms with Gasteiger partial charge in [-0.3, -0.25) is 9.59 Å². The molecular formula is C48H87ClN2O10. The van der Waals surface area contributed by atoms with Crippen LogP contribution in [-0.4, -0.2) is 110 Å². The van der Waals surface area contributed by atoms with Crippen LogP contribution in [0.1, 0.15) is 188 Å². The highest BCUT2D eigenvalue weighted by atomic mass is 35.5. The average Bonchev–Trinajstić information content (AvgIpc) is 3.91. The second-order valence-corrected chi connectivity index (χ2v) is 18.3. The van der Waals surface area contributed by atoms with E-state index >= 15 is 0 Å². The second kappa shape index (κ2) is 32.7. The Morgan fingerprint density at radius 1 is 0.820 bits per heavy atom. The number of nitrogens with one attached hydrogen (secondary N) is 2. The number of hydrogen-bond donors (Lipinski definition) is 4. The fourth-order valence-corrected chi connectivity index (χ4v) is 9.00. The SMILES string of the molecule is CCCCCCCCCCCCCCCCC(=O)OCC(CO)OC(=O)CCCCCCCCNCCNC(=O)OC1CCC(O)(CCl)C(C2(C)OC2CC=C(C)C)C1OC. The molecule has 13 heteroatoms. The molecule has 12 nitrogen and oxygen atoms in total. The van der Waals surface area contributed by atoms with Gasteiger partial charge in [-0.05, 0) is 65.8 Å². The van der Waals surface area contributed by atoms with Gasteiger partial charge in [0.2, 0.25) is 0 Å². The molecule has 356 valence electrons. The molecule has 1 heterocycles. The van der Waals surface area contributed by atoms with Crippen molar-refractivity contribution in [2.24, 2.45) is 5.92 Å². The number of hydrogen-bond acceptors (Lipinski definition) is 11. The molecule has 0 spiro atoms. The lowest BCUT2D eigenvalue weighted by atomic mass is 9.66. The maximum Gasteiger partial charge on any atom is 0.407 e. The van der Waals surface area contributed by atoms with E-state index in [0.717, 1.165) is 64.3 Å². The first kappa shape index (κ1) is 55.2. The molecule has 0 bridgehead atoms. The number of unbranched alkanes of at least 4 members (excludes halogenated alkanes) is 18. The number of halogens is 1. The summed E-state index contributed by atoms with van der Waals surface area (Å²) in [6.07, 6.45) is 25.1. The van der Waals surface area contributed by atoms with Gasteiger partial charge in [-0.1, -0.05) is 128 Å². The highest BCUT2D eigenvalue weighted by Gasteiger charge is 2.67. The Morgan fingerprint density at radius 3 is 1.92 bits per heavy atom. The number of ether oxygens (including phenoxy) is 5. The number of epoxide rings is 1. The van der Waals surface area contributed by atoms with Gasteiger partial charge < -0.3 is 44.5 Å². The third-order valence-corrected chi connectivity index (χ3v) is 12.9. The monoisotopic (exact) mass is 887 g/mol. The first-order valence-electron chi connectivity index (χ1n) is 24.2. The largest absolute Gasteiger partial charge is 0.462 e. The Labute approximate surface area is 374 Å².